The monoisotopic (exact) mass is 283 g/mol. The maximum absolute atomic E-state index is 4.81. The van der Waals surface area contributed by atoms with E-state index in [1.165, 1.54) is 15.8 Å². The largest absolute Gasteiger partial charge is 0.311 e. The maximum atomic E-state index is 4.81. The number of para-hydroxylation sites is 1. The fourth-order valence-corrected chi connectivity index (χ4v) is 3.09. The fraction of sp³-hybridized carbons (Fsp3) is 0.250. The lowest BCUT2D eigenvalue weighted by Gasteiger charge is -2.16. The zero-order chi connectivity index (χ0) is 13.9. The Balaban J connectivity index is 1.99. The molecule has 0 bridgehead atoms. The van der Waals surface area contributed by atoms with Crippen molar-refractivity contribution < 1.29 is 0 Å². The third-order valence-electron chi connectivity index (χ3n) is 3.54. The second-order valence-electron chi connectivity index (χ2n) is 4.89. The molecule has 3 rings (SSSR count). The number of hydrogen-bond acceptors (Lipinski definition) is 4. The van der Waals surface area contributed by atoms with Crippen molar-refractivity contribution in [1.29, 1.82) is 0 Å². The number of nitrogens with zero attached hydrogens (tertiary/aromatic N) is 2. The molecular weight excluding hydrogens is 266 g/mol. The minimum absolute atomic E-state index is 0.221. The number of rotatable bonds is 4. The van der Waals surface area contributed by atoms with E-state index in [4.69, 9.17) is 4.98 Å². The molecule has 0 saturated heterocycles. The number of fused-ring (bicyclic) bond motifs is 1. The van der Waals surface area contributed by atoms with Crippen molar-refractivity contribution in [3.05, 3.63) is 58.2 Å². The van der Waals surface area contributed by atoms with Gasteiger partial charge in [-0.1, -0.05) is 18.2 Å². The Morgan fingerprint density at radius 3 is 2.90 bits per heavy atom. The van der Waals surface area contributed by atoms with Gasteiger partial charge in [-0.15, -0.1) is 11.3 Å². The third kappa shape index (κ3) is 2.57. The van der Waals surface area contributed by atoms with E-state index in [-0.39, 0.29) is 6.04 Å². The maximum Gasteiger partial charge on any atom is 0.0794 e. The average molecular weight is 283 g/mol. The van der Waals surface area contributed by atoms with Crippen molar-refractivity contribution in [2.24, 2.45) is 0 Å². The molecule has 4 heteroatoms. The summed E-state index contributed by atoms with van der Waals surface area (Å²) in [6.45, 7) is 2.15. The van der Waals surface area contributed by atoms with Gasteiger partial charge in [-0.05, 0) is 31.7 Å². The second kappa shape index (κ2) is 5.69. The predicted octanol–water partition coefficient (Wildman–Crippen LogP) is 3.50. The van der Waals surface area contributed by atoms with Gasteiger partial charge < -0.3 is 5.32 Å². The van der Waals surface area contributed by atoms with Crippen LogP contribution in [0.15, 0.2) is 42.0 Å². The van der Waals surface area contributed by atoms with Crippen LogP contribution >= 0.6 is 11.3 Å². The SMILES string of the molecule is CNC(Cc1cncs1)c1cc(C)c2ccccc2n1. The fourth-order valence-electron chi connectivity index (χ4n) is 2.45. The molecule has 2 aromatic heterocycles. The van der Waals surface area contributed by atoms with E-state index < -0.39 is 0 Å². The molecule has 1 unspecified atom stereocenters. The Morgan fingerprint density at radius 1 is 1.30 bits per heavy atom. The van der Waals surface area contributed by atoms with E-state index in [0.29, 0.717) is 0 Å². The highest BCUT2D eigenvalue weighted by molar-refractivity contribution is 7.09. The zero-order valence-corrected chi connectivity index (χ0v) is 12.4. The molecule has 2 heterocycles. The van der Waals surface area contributed by atoms with E-state index in [2.05, 4.69) is 41.5 Å². The third-order valence-corrected chi connectivity index (χ3v) is 4.34. The molecule has 20 heavy (non-hydrogen) atoms. The highest BCUT2D eigenvalue weighted by Gasteiger charge is 2.14. The van der Waals surface area contributed by atoms with E-state index in [9.17, 15) is 0 Å². The summed E-state index contributed by atoms with van der Waals surface area (Å²) in [5.74, 6) is 0. The first-order valence-electron chi connectivity index (χ1n) is 6.69. The number of pyridine rings is 1. The Bertz CT molecular complexity index is 707. The molecule has 3 aromatic rings. The lowest BCUT2D eigenvalue weighted by Crippen LogP contribution is -2.20. The van der Waals surface area contributed by atoms with Crippen molar-refractivity contribution in [3.8, 4) is 0 Å². The van der Waals surface area contributed by atoms with Crippen LogP contribution in [0.1, 0.15) is 22.2 Å². The molecule has 3 nitrogen and oxygen atoms in total. The first kappa shape index (κ1) is 13.2. The van der Waals surface area contributed by atoms with Crippen molar-refractivity contribution in [1.82, 2.24) is 15.3 Å². The van der Waals surface area contributed by atoms with Crippen LogP contribution in [0.2, 0.25) is 0 Å². The highest BCUT2D eigenvalue weighted by atomic mass is 32.1. The average Bonchev–Trinajstić information content (AvgIpc) is 2.97. The van der Waals surface area contributed by atoms with Gasteiger partial charge in [0.2, 0.25) is 0 Å². The number of aromatic nitrogens is 2. The van der Waals surface area contributed by atoms with Crippen LogP contribution in [0.4, 0.5) is 0 Å². The first-order chi connectivity index (χ1) is 9.78. The number of likely N-dealkylation sites (N-methyl/N-ethyl adjacent to an activating group) is 1. The molecule has 0 aliphatic heterocycles. The Labute approximate surface area is 122 Å². The number of hydrogen-bond donors (Lipinski definition) is 1. The molecule has 1 aromatic carbocycles. The van der Waals surface area contributed by atoms with Gasteiger partial charge in [0.15, 0.2) is 0 Å². The van der Waals surface area contributed by atoms with Gasteiger partial charge in [0.05, 0.1) is 22.8 Å². The summed E-state index contributed by atoms with van der Waals surface area (Å²) >= 11 is 1.69. The molecular formula is C16H17N3S. The van der Waals surface area contributed by atoms with Gasteiger partial charge in [-0.3, -0.25) is 9.97 Å². The van der Waals surface area contributed by atoms with Crippen LogP contribution in [0.5, 0.6) is 0 Å². The molecule has 1 atom stereocenters. The Hall–Kier alpha value is -1.78. The molecule has 0 amide bonds. The van der Waals surface area contributed by atoms with Gasteiger partial charge in [-0.2, -0.15) is 0 Å². The lowest BCUT2D eigenvalue weighted by molar-refractivity contribution is 0.581. The first-order valence-corrected chi connectivity index (χ1v) is 7.57. The van der Waals surface area contributed by atoms with Crippen molar-refractivity contribution >= 4 is 22.2 Å². The Morgan fingerprint density at radius 2 is 2.15 bits per heavy atom. The number of thiazole rings is 1. The summed E-state index contributed by atoms with van der Waals surface area (Å²) < 4.78 is 0. The standard InChI is InChI=1S/C16H17N3S/c1-11-7-16(19-14-6-4-3-5-13(11)14)15(17-2)8-12-9-18-10-20-12/h3-7,9-10,15,17H,8H2,1-2H3. The van der Waals surface area contributed by atoms with Crippen molar-refractivity contribution in [2.75, 3.05) is 7.05 Å². The van der Waals surface area contributed by atoms with Gasteiger partial charge in [0, 0.05) is 22.9 Å². The molecule has 0 spiro atoms. The summed E-state index contributed by atoms with van der Waals surface area (Å²) in [6.07, 6.45) is 2.86. The summed E-state index contributed by atoms with van der Waals surface area (Å²) in [7, 11) is 1.98. The molecule has 1 N–H and O–H groups in total. The molecule has 102 valence electrons. The predicted molar refractivity (Wildman–Crippen MR) is 84.1 cm³/mol. The summed E-state index contributed by atoms with van der Waals surface area (Å²) in [5, 5.41) is 4.59. The topological polar surface area (TPSA) is 37.8 Å². The van der Waals surface area contributed by atoms with Crippen LogP contribution in [0, 0.1) is 6.92 Å². The minimum atomic E-state index is 0.221. The lowest BCUT2D eigenvalue weighted by atomic mass is 10.0. The number of aryl methyl sites for hydroxylation is 1. The summed E-state index contributed by atoms with van der Waals surface area (Å²) in [4.78, 5) is 10.2. The molecule has 0 radical (unpaired) electrons. The molecule has 0 fully saturated rings. The van der Waals surface area contributed by atoms with Crippen LogP contribution < -0.4 is 5.32 Å². The molecule has 0 aliphatic rings. The van der Waals surface area contributed by atoms with Gasteiger partial charge in [0.1, 0.15) is 0 Å². The number of benzene rings is 1. The highest BCUT2D eigenvalue weighted by Crippen LogP contribution is 2.23. The normalized spacial score (nSPS) is 12.7. The van der Waals surface area contributed by atoms with Crippen molar-refractivity contribution in [2.45, 2.75) is 19.4 Å². The quantitative estimate of drug-likeness (QED) is 0.796. The smallest absolute Gasteiger partial charge is 0.0794 e. The van der Waals surface area contributed by atoms with Gasteiger partial charge in [0.25, 0.3) is 0 Å². The minimum Gasteiger partial charge on any atom is -0.311 e. The second-order valence-corrected chi connectivity index (χ2v) is 5.87. The van der Waals surface area contributed by atoms with E-state index in [1.54, 1.807) is 11.3 Å². The van der Waals surface area contributed by atoms with E-state index in [1.807, 2.05) is 24.8 Å². The summed E-state index contributed by atoms with van der Waals surface area (Å²) in [5.41, 5.74) is 5.31. The zero-order valence-electron chi connectivity index (χ0n) is 11.6. The van der Waals surface area contributed by atoms with Gasteiger partial charge in [-0.25, -0.2) is 0 Å². The van der Waals surface area contributed by atoms with Crippen LogP contribution in [-0.2, 0) is 6.42 Å². The van der Waals surface area contributed by atoms with Crippen LogP contribution in [-0.4, -0.2) is 17.0 Å². The molecule has 0 aliphatic carbocycles. The Kier molecular flexibility index (Phi) is 3.76. The van der Waals surface area contributed by atoms with Crippen LogP contribution in [0.25, 0.3) is 10.9 Å². The van der Waals surface area contributed by atoms with Crippen LogP contribution in [0.3, 0.4) is 0 Å². The summed E-state index contributed by atoms with van der Waals surface area (Å²) in [6, 6.07) is 10.7. The number of nitrogens with one attached hydrogen (secondary N) is 1. The molecule has 0 saturated carbocycles. The van der Waals surface area contributed by atoms with E-state index >= 15 is 0 Å². The van der Waals surface area contributed by atoms with E-state index in [0.717, 1.165) is 17.6 Å². The van der Waals surface area contributed by atoms with Crippen molar-refractivity contribution in [3.63, 3.8) is 0 Å². The van der Waals surface area contributed by atoms with Gasteiger partial charge >= 0.3 is 0 Å².